The van der Waals surface area contributed by atoms with Crippen molar-refractivity contribution in [3.8, 4) is 0 Å². The number of benzene rings is 2. The molecule has 0 saturated heterocycles. The summed E-state index contributed by atoms with van der Waals surface area (Å²) in [6, 6.07) is 12.5. The molecule has 1 aliphatic rings. The van der Waals surface area contributed by atoms with Gasteiger partial charge in [0.2, 0.25) is 0 Å². The van der Waals surface area contributed by atoms with Crippen LogP contribution in [0.15, 0.2) is 53.4 Å². The van der Waals surface area contributed by atoms with Gasteiger partial charge in [0.25, 0.3) is 21.8 Å². The van der Waals surface area contributed by atoms with E-state index in [4.69, 9.17) is 0 Å². The number of hydrogen-bond donors (Lipinski definition) is 0. The van der Waals surface area contributed by atoms with Crippen LogP contribution >= 0.6 is 0 Å². The van der Waals surface area contributed by atoms with Gasteiger partial charge in [0.05, 0.1) is 21.7 Å². The number of amides is 2. The lowest BCUT2D eigenvalue weighted by Gasteiger charge is -2.28. The lowest BCUT2D eigenvalue weighted by Crippen LogP contribution is -2.37. The second-order valence-corrected chi connectivity index (χ2v) is 7.92. The molecule has 0 radical (unpaired) electrons. The summed E-state index contributed by atoms with van der Waals surface area (Å²) in [5.74, 6) is -0.916. The number of carbonyl (C=O) groups is 2. The molecule has 0 fully saturated rings. The Hall–Kier alpha value is -2.67. The van der Waals surface area contributed by atoms with Crippen molar-refractivity contribution in [1.29, 1.82) is 0 Å². The Balaban J connectivity index is 2.12. The highest BCUT2D eigenvalue weighted by molar-refractivity contribution is 7.92. The maximum absolute atomic E-state index is 13.2. The molecule has 0 spiro atoms. The minimum absolute atomic E-state index is 0.0137. The Morgan fingerprint density at radius 1 is 0.920 bits per heavy atom. The second kappa shape index (κ2) is 6.00. The van der Waals surface area contributed by atoms with Gasteiger partial charge in [-0.1, -0.05) is 18.2 Å². The van der Waals surface area contributed by atoms with Crippen molar-refractivity contribution in [2.45, 2.75) is 24.8 Å². The predicted octanol–water partition coefficient (Wildman–Crippen LogP) is 2.52. The zero-order valence-electron chi connectivity index (χ0n) is 14.1. The van der Waals surface area contributed by atoms with Crippen LogP contribution in [-0.2, 0) is 10.0 Å². The zero-order chi connectivity index (χ0) is 18.4. The topological polar surface area (TPSA) is 74.8 Å². The molecule has 0 bridgehead atoms. The number of hydrogen-bond acceptors (Lipinski definition) is 4. The summed E-state index contributed by atoms with van der Waals surface area (Å²) in [4.78, 5) is 25.1. The minimum Gasteiger partial charge on any atom is -0.277 e. The molecule has 130 valence electrons. The number of para-hydroxylation sites is 1. The lowest BCUT2D eigenvalue weighted by molar-refractivity contribution is 0.0693. The lowest BCUT2D eigenvalue weighted by atomic mass is 10.1. The highest BCUT2D eigenvalue weighted by Crippen LogP contribution is 2.29. The van der Waals surface area contributed by atoms with Crippen LogP contribution < -0.4 is 4.31 Å². The molecular weight excluding hydrogens is 340 g/mol. The fraction of sp³-hybridized carbons (Fsp3) is 0.222. The number of rotatable bonds is 4. The van der Waals surface area contributed by atoms with E-state index in [0.717, 1.165) is 4.90 Å². The molecule has 2 amide bonds. The quantitative estimate of drug-likeness (QED) is 0.787. The van der Waals surface area contributed by atoms with E-state index in [1.807, 2.05) is 6.07 Å². The van der Waals surface area contributed by atoms with Crippen molar-refractivity contribution >= 4 is 27.5 Å². The third-order valence-corrected chi connectivity index (χ3v) is 6.10. The number of imide groups is 1. The molecule has 0 atom stereocenters. The van der Waals surface area contributed by atoms with Gasteiger partial charge in [-0.05, 0) is 44.2 Å². The molecule has 6 nitrogen and oxygen atoms in total. The van der Waals surface area contributed by atoms with E-state index >= 15 is 0 Å². The summed E-state index contributed by atoms with van der Waals surface area (Å²) < 4.78 is 27.6. The van der Waals surface area contributed by atoms with Crippen LogP contribution in [0.5, 0.6) is 0 Å². The number of nitrogens with zero attached hydrogens (tertiary/aromatic N) is 2. The van der Waals surface area contributed by atoms with Crippen LogP contribution in [0, 0.1) is 0 Å². The first kappa shape index (κ1) is 17.2. The van der Waals surface area contributed by atoms with Crippen LogP contribution in [0.25, 0.3) is 0 Å². The fourth-order valence-corrected chi connectivity index (χ4v) is 4.59. The van der Waals surface area contributed by atoms with E-state index in [1.54, 1.807) is 38.1 Å². The van der Waals surface area contributed by atoms with Gasteiger partial charge in [-0.2, -0.15) is 0 Å². The molecule has 0 unspecified atom stereocenters. The van der Waals surface area contributed by atoms with Crippen molar-refractivity contribution in [1.82, 2.24) is 4.90 Å². The van der Waals surface area contributed by atoms with Crippen molar-refractivity contribution in [2.75, 3.05) is 11.4 Å². The van der Waals surface area contributed by atoms with Crippen LogP contribution in [0.3, 0.4) is 0 Å². The Morgan fingerprint density at radius 3 is 2.12 bits per heavy atom. The average Bonchev–Trinajstić information content (AvgIpc) is 2.79. The van der Waals surface area contributed by atoms with Crippen LogP contribution in [0.2, 0.25) is 0 Å². The molecule has 3 rings (SSSR count). The van der Waals surface area contributed by atoms with E-state index in [1.165, 1.54) is 29.6 Å². The summed E-state index contributed by atoms with van der Waals surface area (Å²) in [5.41, 5.74) is 0.880. The third-order valence-electron chi connectivity index (χ3n) is 4.10. The normalized spacial score (nSPS) is 14.2. The largest absolute Gasteiger partial charge is 0.277 e. The van der Waals surface area contributed by atoms with E-state index in [9.17, 15) is 18.0 Å². The summed E-state index contributed by atoms with van der Waals surface area (Å²) in [7, 11) is -2.50. The fourth-order valence-electron chi connectivity index (χ4n) is 2.90. The van der Waals surface area contributed by atoms with Crippen molar-refractivity contribution in [3.63, 3.8) is 0 Å². The third kappa shape index (κ3) is 2.70. The highest BCUT2D eigenvalue weighted by atomic mass is 32.2. The zero-order valence-corrected chi connectivity index (χ0v) is 14.9. The summed E-state index contributed by atoms with van der Waals surface area (Å²) in [6.07, 6.45) is 0. The Labute approximate surface area is 146 Å². The molecule has 25 heavy (non-hydrogen) atoms. The van der Waals surface area contributed by atoms with Gasteiger partial charge < -0.3 is 0 Å². The van der Waals surface area contributed by atoms with Gasteiger partial charge in [-0.3, -0.25) is 18.8 Å². The Bertz CT molecular complexity index is 952. The maximum Gasteiger partial charge on any atom is 0.264 e. The standard InChI is InChI=1S/C18H18N2O4S/c1-12(2)20(13-7-5-4-6-8-13)25(23,24)14-9-10-15-16(11-14)18(22)19(3)17(15)21/h4-12H,1-3H3. The summed E-state index contributed by atoms with van der Waals surface area (Å²) >= 11 is 0. The predicted molar refractivity (Wildman–Crippen MR) is 94.1 cm³/mol. The summed E-state index contributed by atoms with van der Waals surface area (Å²) in [6.45, 7) is 3.56. The minimum atomic E-state index is -3.88. The Kier molecular flexibility index (Phi) is 4.12. The van der Waals surface area contributed by atoms with Gasteiger partial charge in [-0.15, -0.1) is 0 Å². The number of anilines is 1. The first-order chi connectivity index (χ1) is 11.7. The van der Waals surface area contributed by atoms with Gasteiger partial charge in [0.15, 0.2) is 0 Å². The number of fused-ring (bicyclic) bond motifs is 1. The molecule has 1 heterocycles. The number of carbonyl (C=O) groups excluding carboxylic acids is 2. The van der Waals surface area contributed by atoms with Gasteiger partial charge >= 0.3 is 0 Å². The average molecular weight is 358 g/mol. The Morgan fingerprint density at radius 2 is 1.52 bits per heavy atom. The van der Waals surface area contributed by atoms with Gasteiger partial charge in [0, 0.05) is 13.1 Å². The smallest absolute Gasteiger partial charge is 0.264 e. The maximum atomic E-state index is 13.2. The van der Waals surface area contributed by atoms with Crippen LogP contribution in [-0.4, -0.2) is 38.2 Å². The monoisotopic (exact) mass is 358 g/mol. The second-order valence-electron chi connectivity index (χ2n) is 6.11. The summed E-state index contributed by atoms with van der Waals surface area (Å²) in [5, 5.41) is 0. The molecule has 0 aliphatic carbocycles. The molecule has 2 aromatic rings. The van der Waals surface area contributed by atoms with Crippen LogP contribution in [0.1, 0.15) is 34.6 Å². The first-order valence-electron chi connectivity index (χ1n) is 7.81. The molecular formula is C18H18N2O4S. The molecule has 0 saturated carbocycles. The first-order valence-corrected chi connectivity index (χ1v) is 9.25. The molecule has 2 aromatic carbocycles. The van der Waals surface area contributed by atoms with Gasteiger partial charge in [0.1, 0.15) is 0 Å². The number of sulfonamides is 1. The van der Waals surface area contributed by atoms with Crippen molar-refractivity contribution < 1.29 is 18.0 Å². The van der Waals surface area contributed by atoms with Crippen molar-refractivity contribution in [3.05, 3.63) is 59.7 Å². The van der Waals surface area contributed by atoms with E-state index in [2.05, 4.69) is 0 Å². The molecule has 7 heteroatoms. The van der Waals surface area contributed by atoms with E-state index < -0.39 is 21.8 Å². The highest BCUT2D eigenvalue weighted by Gasteiger charge is 2.35. The molecule has 0 aromatic heterocycles. The molecule has 0 N–H and O–H groups in total. The van der Waals surface area contributed by atoms with Crippen LogP contribution in [0.4, 0.5) is 5.69 Å². The van der Waals surface area contributed by atoms with Crippen molar-refractivity contribution in [2.24, 2.45) is 0 Å². The van der Waals surface area contributed by atoms with E-state index in [0.29, 0.717) is 5.69 Å². The SMILES string of the molecule is CC(C)N(c1ccccc1)S(=O)(=O)c1ccc2c(c1)C(=O)N(C)C2=O. The molecule has 1 aliphatic heterocycles. The van der Waals surface area contributed by atoms with E-state index in [-0.39, 0.29) is 22.1 Å². The van der Waals surface area contributed by atoms with Gasteiger partial charge in [-0.25, -0.2) is 8.42 Å².